The fourth-order valence-electron chi connectivity index (χ4n) is 1.94. The molecule has 1 aliphatic rings. The van der Waals surface area contributed by atoms with Crippen molar-refractivity contribution in [2.75, 3.05) is 24.7 Å². The van der Waals surface area contributed by atoms with Gasteiger partial charge in [0, 0.05) is 12.8 Å². The van der Waals surface area contributed by atoms with E-state index in [-0.39, 0.29) is 22.4 Å². The maximum atomic E-state index is 13.7. The maximum absolute atomic E-state index is 13.7. The molecule has 5 nitrogen and oxygen atoms in total. The van der Waals surface area contributed by atoms with E-state index in [4.69, 9.17) is 0 Å². The van der Waals surface area contributed by atoms with Gasteiger partial charge in [0.25, 0.3) is 0 Å². The smallest absolute Gasteiger partial charge is 0.228 e. The zero-order valence-corrected chi connectivity index (χ0v) is 11.3. The van der Waals surface area contributed by atoms with Gasteiger partial charge in [-0.25, -0.2) is 12.8 Å². The lowest BCUT2D eigenvalue weighted by atomic mass is 10.1. The van der Waals surface area contributed by atoms with Crippen LogP contribution in [0.15, 0.2) is 23.1 Å². The molecular formula is C12H15FN2O3S. The minimum absolute atomic E-state index is 0.00398. The third kappa shape index (κ3) is 3.30. The topological polar surface area (TPSA) is 75.3 Å². The largest absolute Gasteiger partial charge is 0.323 e. The Morgan fingerprint density at radius 1 is 1.47 bits per heavy atom. The first-order chi connectivity index (χ1) is 8.88. The first kappa shape index (κ1) is 14.0. The Bertz CT molecular complexity index is 595. The van der Waals surface area contributed by atoms with Crippen LogP contribution >= 0.6 is 0 Å². The van der Waals surface area contributed by atoms with Gasteiger partial charge in [0.05, 0.1) is 16.5 Å². The van der Waals surface area contributed by atoms with Gasteiger partial charge in [0.2, 0.25) is 5.91 Å². The first-order valence-electron chi connectivity index (χ1n) is 5.89. The highest BCUT2D eigenvalue weighted by Gasteiger charge is 2.23. The van der Waals surface area contributed by atoms with E-state index < -0.39 is 15.7 Å². The molecule has 0 aromatic heterocycles. The monoisotopic (exact) mass is 286 g/mol. The van der Waals surface area contributed by atoms with Crippen LogP contribution in [0.25, 0.3) is 0 Å². The summed E-state index contributed by atoms with van der Waals surface area (Å²) < 4.78 is 36.3. The SMILES string of the molecule is CS(=O)(=O)c1ccc(NC(=O)[C@H]2CCNC2)c(F)c1. The Kier molecular flexibility index (Phi) is 3.86. The van der Waals surface area contributed by atoms with Gasteiger partial charge in [-0.3, -0.25) is 4.79 Å². The van der Waals surface area contributed by atoms with Gasteiger partial charge in [-0.15, -0.1) is 0 Å². The van der Waals surface area contributed by atoms with E-state index in [1.165, 1.54) is 12.1 Å². The Labute approximate surface area is 111 Å². The van der Waals surface area contributed by atoms with Crippen molar-refractivity contribution in [1.82, 2.24) is 5.32 Å². The number of benzene rings is 1. The van der Waals surface area contributed by atoms with Crippen molar-refractivity contribution in [3.63, 3.8) is 0 Å². The summed E-state index contributed by atoms with van der Waals surface area (Å²) in [5.74, 6) is -1.17. The molecule has 1 saturated heterocycles. The number of rotatable bonds is 3. The van der Waals surface area contributed by atoms with Crippen LogP contribution in [0.5, 0.6) is 0 Å². The van der Waals surface area contributed by atoms with Crippen LogP contribution < -0.4 is 10.6 Å². The predicted octanol–water partition coefficient (Wildman–Crippen LogP) is 0.777. The van der Waals surface area contributed by atoms with Crippen LogP contribution in [0.2, 0.25) is 0 Å². The van der Waals surface area contributed by atoms with E-state index in [9.17, 15) is 17.6 Å². The first-order valence-corrected chi connectivity index (χ1v) is 7.78. The van der Waals surface area contributed by atoms with E-state index in [0.717, 1.165) is 25.3 Å². The molecule has 7 heteroatoms. The molecule has 0 aliphatic carbocycles. The summed E-state index contributed by atoms with van der Waals surface area (Å²) in [7, 11) is -3.45. The van der Waals surface area contributed by atoms with Crippen molar-refractivity contribution < 1.29 is 17.6 Å². The Balaban J connectivity index is 2.15. The van der Waals surface area contributed by atoms with Gasteiger partial charge in [-0.1, -0.05) is 0 Å². The lowest BCUT2D eigenvalue weighted by molar-refractivity contribution is -0.119. The molecule has 1 amide bonds. The number of carbonyl (C=O) groups is 1. The molecule has 1 heterocycles. The second-order valence-corrected chi connectivity index (χ2v) is 6.61. The number of nitrogens with one attached hydrogen (secondary N) is 2. The van der Waals surface area contributed by atoms with Gasteiger partial charge in [0.15, 0.2) is 9.84 Å². The molecule has 0 spiro atoms. The van der Waals surface area contributed by atoms with E-state index in [2.05, 4.69) is 10.6 Å². The Hall–Kier alpha value is -1.47. The molecule has 1 aliphatic heterocycles. The molecule has 19 heavy (non-hydrogen) atoms. The lowest BCUT2D eigenvalue weighted by Crippen LogP contribution is -2.25. The molecule has 0 radical (unpaired) electrons. The van der Waals surface area contributed by atoms with Gasteiger partial charge < -0.3 is 10.6 Å². The molecule has 1 aromatic rings. The summed E-state index contributed by atoms with van der Waals surface area (Å²) in [5, 5.41) is 5.53. The molecule has 104 valence electrons. The number of anilines is 1. The fourth-order valence-corrected chi connectivity index (χ4v) is 2.57. The summed E-state index contributed by atoms with van der Waals surface area (Å²) in [6.45, 7) is 1.35. The molecule has 2 rings (SSSR count). The lowest BCUT2D eigenvalue weighted by Gasteiger charge is -2.11. The number of carbonyl (C=O) groups excluding carboxylic acids is 1. The second kappa shape index (κ2) is 5.26. The van der Waals surface area contributed by atoms with Gasteiger partial charge >= 0.3 is 0 Å². The van der Waals surface area contributed by atoms with E-state index >= 15 is 0 Å². The molecule has 1 aromatic carbocycles. The van der Waals surface area contributed by atoms with Gasteiger partial charge in [-0.05, 0) is 31.2 Å². The maximum Gasteiger partial charge on any atom is 0.228 e. The van der Waals surface area contributed by atoms with Crippen molar-refractivity contribution in [3.8, 4) is 0 Å². The van der Waals surface area contributed by atoms with Crippen LogP contribution in [0.3, 0.4) is 0 Å². The number of sulfone groups is 1. The summed E-state index contributed by atoms with van der Waals surface area (Å²) in [6, 6.07) is 3.46. The standard InChI is InChI=1S/C12H15FN2O3S/c1-19(17,18)9-2-3-11(10(13)6-9)15-12(16)8-4-5-14-7-8/h2-3,6,8,14H,4-5,7H2,1H3,(H,15,16)/t8-/m0/s1. The van der Waals surface area contributed by atoms with Gasteiger partial charge in [-0.2, -0.15) is 0 Å². The van der Waals surface area contributed by atoms with Crippen molar-refractivity contribution in [1.29, 1.82) is 0 Å². The number of hydrogen-bond acceptors (Lipinski definition) is 4. The molecule has 1 atom stereocenters. The quantitative estimate of drug-likeness (QED) is 0.861. The summed E-state index contributed by atoms with van der Waals surface area (Å²) >= 11 is 0. The van der Waals surface area contributed by atoms with Crippen molar-refractivity contribution in [2.45, 2.75) is 11.3 Å². The van der Waals surface area contributed by atoms with Crippen molar-refractivity contribution in [2.24, 2.45) is 5.92 Å². The third-order valence-electron chi connectivity index (χ3n) is 3.06. The van der Waals surface area contributed by atoms with Crippen LogP contribution in [0, 0.1) is 11.7 Å². The third-order valence-corrected chi connectivity index (χ3v) is 4.17. The van der Waals surface area contributed by atoms with Gasteiger partial charge in [0.1, 0.15) is 5.82 Å². The molecule has 0 unspecified atom stereocenters. The molecular weight excluding hydrogens is 271 g/mol. The van der Waals surface area contributed by atoms with Crippen LogP contribution in [0.1, 0.15) is 6.42 Å². The summed E-state index contributed by atoms with van der Waals surface area (Å²) in [6.07, 6.45) is 1.72. The molecule has 1 fully saturated rings. The Morgan fingerprint density at radius 2 is 2.21 bits per heavy atom. The highest BCUT2D eigenvalue weighted by Crippen LogP contribution is 2.20. The zero-order valence-electron chi connectivity index (χ0n) is 10.4. The van der Waals surface area contributed by atoms with Crippen LogP contribution in [-0.2, 0) is 14.6 Å². The number of amides is 1. The fraction of sp³-hybridized carbons (Fsp3) is 0.417. The van der Waals surface area contributed by atoms with E-state index in [1.54, 1.807) is 0 Å². The van der Waals surface area contributed by atoms with Crippen molar-refractivity contribution >= 4 is 21.4 Å². The summed E-state index contributed by atoms with van der Waals surface area (Å²) in [5.41, 5.74) is 0.00398. The molecule has 0 bridgehead atoms. The minimum Gasteiger partial charge on any atom is -0.323 e. The normalized spacial score (nSPS) is 19.4. The summed E-state index contributed by atoms with van der Waals surface area (Å²) in [4.78, 5) is 11.7. The van der Waals surface area contributed by atoms with Crippen molar-refractivity contribution in [3.05, 3.63) is 24.0 Å². The average Bonchev–Trinajstić information content (AvgIpc) is 2.84. The second-order valence-electron chi connectivity index (χ2n) is 4.59. The highest BCUT2D eigenvalue weighted by molar-refractivity contribution is 7.90. The highest BCUT2D eigenvalue weighted by atomic mass is 32.2. The molecule has 0 saturated carbocycles. The number of hydrogen-bond donors (Lipinski definition) is 2. The van der Waals surface area contributed by atoms with Crippen LogP contribution in [0.4, 0.5) is 10.1 Å². The average molecular weight is 286 g/mol. The zero-order chi connectivity index (χ0) is 14.0. The minimum atomic E-state index is -3.45. The van der Waals surface area contributed by atoms with E-state index in [0.29, 0.717) is 6.54 Å². The van der Waals surface area contributed by atoms with Crippen LogP contribution in [-0.4, -0.2) is 33.7 Å². The molecule has 2 N–H and O–H groups in total. The predicted molar refractivity (Wildman–Crippen MR) is 69.1 cm³/mol. The number of halogens is 1. The Morgan fingerprint density at radius 3 is 2.74 bits per heavy atom. The van der Waals surface area contributed by atoms with E-state index in [1.807, 2.05) is 0 Å².